The molecule has 0 fully saturated rings. The van der Waals surface area contributed by atoms with Crippen molar-refractivity contribution in [2.75, 3.05) is 11.5 Å². The lowest BCUT2D eigenvalue weighted by molar-refractivity contribution is -0.0801. The molecule has 0 saturated carbocycles. The number of benzene rings is 1. The van der Waals surface area contributed by atoms with Gasteiger partial charge in [-0.25, -0.2) is 5.06 Å². The number of hydrogen-bond acceptors (Lipinski definition) is 6. The van der Waals surface area contributed by atoms with Gasteiger partial charge in [0, 0.05) is 11.1 Å². The zero-order valence-corrected chi connectivity index (χ0v) is 8.01. The molecule has 0 aromatic heterocycles. The predicted octanol–water partition coefficient (Wildman–Crippen LogP) is -0.230. The lowest BCUT2D eigenvalue weighted by Gasteiger charge is -2.29. The molecule has 0 spiro atoms. The number of nitrogens with zero attached hydrogens (tertiary/aromatic N) is 1. The summed E-state index contributed by atoms with van der Waals surface area (Å²) in [7, 11) is 0. The van der Waals surface area contributed by atoms with Gasteiger partial charge in [0.05, 0.1) is 23.3 Å². The maximum absolute atomic E-state index is 9.43. The number of nitrogens with two attached hydrogens (primary N) is 4. The quantitative estimate of drug-likeness (QED) is 0.374. The van der Waals surface area contributed by atoms with Gasteiger partial charge < -0.3 is 22.9 Å². The molecular formula is C9H13N5O. The average molecular weight is 207 g/mol. The maximum Gasteiger partial charge on any atom is 0.129 e. The number of hydrogen-bond donors (Lipinski definition) is 5. The molecule has 1 atom stereocenters. The highest BCUT2D eigenvalue weighted by molar-refractivity contribution is 5.76. The van der Waals surface area contributed by atoms with Crippen LogP contribution in [0, 0.1) is 0 Å². The Balaban J connectivity index is 2.65. The Hall–Kier alpha value is -1.92. The van der Waals surface area contributed by atoms with E-state index in [0.29, 0.717) is 28.2 Å². The molecule has 9 N–H and O–H groups in total. The van der Waals surface area contributed by atoms with Crippen LogP contribution in [-0.2, 0) is 0 Å². The fourth-order valence-electron chi connectivity index (χ4n) is 1.58. The van der Waals surface area contributed by atoms with Crippen molar-refractivity contribution < 1.29 is 5.21 Å². The molecule has 1 aliphatic heterocycles. The van der Waals surface area contributed by atoms with E-state index in [2.05, 4.69) is 0 Å². The molecule has 2 rings (SSSR count). The Kier molecular flexibility index (Phi) is 1.95. The highest BCUT2D eigenvalue weighted by atomic mass is 16.5. The molecule has 6 nitrogen and oxygen atoms in total. The van der Waals surface area contributed by atoms with Gasteiger partial charge in [0.15, 0.2) is 0 Å². The third kappa shape index (κ3) is 1.36. The minimum Gasteiger partial charge on any atom is -0.397 e. The molecule has 0 bridgehead atoms. The van der Waals surface area contributed by atoms with Crippen molar-refractivity contribution >= 4 is 17.1 Å². The van der Waals surface area contributed by atoms with Gasteiger partial charge in [-0.2, -0.15) is 0 Å². The minimum absolute atomic E-state index is 0.404. The van der Waals surface area contributed by atoms with E-state index in [0.717, 1.165) is 5.06 Å². The molecule has 15 heavy (non-hydrogen) atoms. The van der Waals surface area contributed by atoms with Gasteiger partial charge in [-0.1, -0.05) is 0 Å². The monoisotopic (exact) mass is 207 g/mol. The van der Waals surface area contributed by atoms with Gasteiger partial charge >= 0.3 is 0 Å². The van der Waals surface area contributed by atoms with Gasteiger partial charge in [0.2, 0.25) is 0 Å². The standard InChI is InChI=1S/C9H13N5O/c10-6-1-4-5(2-7(6)11)9(13)14(15)3-8(4)12/h1-3,9,15H,10-13H2. The SMILES string of the molecule is NC1=CN(O)C(N)c2cc(N)c(N)cc21. The molecule has 80 valence electrons. The van der Waals surface area contributed by atoms with Crippen LogP contribution in [0.25, 0.3) is 5.70 Å². The van der Waals surface area contributed by atoms with Crippen molar-refractivity contribution in [3.63, 3.8) is 0 Å². The van der Waals surface area contributed by atoms with Crippen molar-refractivity contribution in [2.24, 2.45) is 11.5 Å². The van der Waals surface area contributed by atoms with Gasteiger partial charge in [0.25, 0.3) is 0 Å². The van der Waals surface area contributed by atoms with Crippen molar-refractivity contribution in [3.8, 4) is 0 Å². The molecule has 0 aliphatic carbocycles. The number of hydroxylamine groups is 2. The van der Waals surface area contributed by atoms with E-state index in [1.54, 1.807) is 12.1 Å². The normalized spacial score (nSPS) is 19.7. The molecule has 1 aromatic carbocycles. The van der Waals surface area contributed by atoms with Gasteiger partial charge in [-0.05, 0) is 12.1 Å². The second-order valence-electron chi connectivity index (χ2n) is 3.48. The molecule has 1 aromatic rings. The topological polar surface area (TPSA) is 128 Å². The van der Waals surface area contributed by atoms with Gasteiger partial charge in [-0.3, -0.25) is 5.21 Å². The number of fused-ring (bicyclic) bond motifs is 1. The Bertz CT molecular complexity index is 442. The first-order valence-corrected chi connectivity index (χ1v) is 4.40. The van der Waals surface area contributed by atoms with Crippen LogP contribution in [0.3, 0.4) is 0 Å². The summed E-state index contributed by atoms with van der Waals surface area (Å²) in [5.41, 5.74) is 25.4. The summed E-state index contributed by atoms with van der Waals surface area (Å²) < 4.78 is 0. The Morgan fingerprint density at radius 2 is 1.73 bits per heavy atom. The van der Waals surface area contributed by atoms with Crippen molar-refractivity contribution in [1.29, 1.82) is 0 Å². The molecule has 0 saturated heterocycles. The van der Waals surface area contributed by atoms with E-state index < -0.39 is 6.17 Å². The van der Waals surface area contributed by atoms with Crippen LogP contribution >= 0.6 is 0 Å². The number of nitrogen functional groups attached to an aromatic ring is 2. The first-order chi connectivity index (χ1) is 7.00. The lowest BCUT2D eigenvalue weighted by Crippen LogP contribution is -2.32. The molecule has 1 heterocycles. The first kappa shape index (κ1) is 9.63. The van der Waals surface area contributed by atoms with E-state index in [1.807, 2.05) is 0 Å². The second kappa shape index (κ2) is 3.04. The zero-order valence-electron chi connectivity index (χ0n) is 8.01. The van der Waals surface area contributed by atoms with E-state index >= 15 is 0 Å². The lowest BCUT2D eigenvalue weighted by atomic mass is 9.98. The van der Waals surface area contributed by atoms with Crippen LogP contribution in [0.4, 0.5) is 11.4 Å². The van der Waals surface area contributed by atoms with Crippen molar-refractivity contribution in [2.45, 2.75) is 6.17 Å². The van der Waals surface area contributed by atoms with Crippen LogP contribution < -0.4 is 22.9 Å². The molecular weight excluding hydrogens is 194 g/mol. The smallest absolute Gasteiger partial charge is 0.129 e. The number of anilines is 2. The highest BCUT2D eigenvalue weighted by Crippen LogP contribution is 2.32. The summed E-state index contributed by atoms with van der Waals surface area (Å²) in [5, 5.41) is 10.3. The summed E-state index contributed by atoms with van der Waals surface area (Å²) in [6.45, 7) is 0. The summed E-state index contributed by atoms with van der Waals surface area (Å²) in [6.07, 6.45) is 0.679. The van der Waals surface area contributed by atoms with Crippen LogP contribution in [0.5, 0.6) is 0 Å². The Morgan fingerprint density at radius 3 is 2.40 bits per heavy atom. The fourth-order valence-corrected chi connectivity index (χ4v) is 1.58. The second-order valence-corrected chi connectivity index (χ2v) is 3.48. The Labute approximate surface area is 86.7 Å². The largest absolute Gasteiger partial charge is 0.397 e. The zero-order chi connectivity index (χ0) is 11.2. The average Bonchev–Trinajstić information content (AvgIpc) is 2.18. The third-order valence-electron chi connectivity index (χ3n) is 2.44. The van der Waals surface area contributed by atoms with Gasteiger partial charge in [-0.15, -0.1) is 0 Å². The predicted molar refractivity (Wildman–Crippen MR) is 58.0 cm³/mol. The Morgan fingerprint density at radius 1 is 1.13 bits per heavy atom. The van der Waals surface area contributed by atoms with E-state index in [4.69, 9.17) is 22.9 Å². The van der Waals surface area contributed by atoms with Crippen LogP contribution in [0.1, 0.15) is 17.3 Å². The van der Waals surface area contributed by atoms with Crippen LogP contribution in [0.2, 0.25) is 0 Å². The summed E-state index contributed by atoms with van der Waals surface area (Å²) in [5.74, 6) is 0. The van der Waals surface area contributed by atoms with Gasteiger partial charge in [0.1, 0.15) is 6.17 Å². The van der Waals surface area contributed by atoms with E-state index in [-0.39, 0.29) is 0 Å². The molecule has 6 heteroatoms. The van der Waals surface area contributed by atoms with Crippen LogP contribution in [0.15, 0.2) is 18.3 Å². The first-order valence-electron chi connectivity index (χ1n) is 4.40. The van der Waals surface area contributed by atoms with Crippen molar-refractivity contribution in [3.05, 3.63) is 29.5 Å². The molecule has 1 unspecified atom stereocenters. The molecule has 0 radical (unpaired) electrons. The summed E-state index contributed by atoms with van der Waals surface area (Å²) in [4.78, 5) is 0. The minimum atomic E-state index is -0.671. The summed E-state index contributed by atoms with van der Waals surface area (Å²) in [6, 6.07) is 3.28. The number of rotatable bonds is 0. The summed E-state index contributed by atoms with van der Waals surface area (Å²) >= 11 is 0. The third-order valence-corrected chi connectivity index (χ3v) is 2.44. The van der Waals surface area contributed by atoms with Crippen LogP contribution in [-0.4, -0.2) is 10.3 Å². The van der Waals surface area contributed by atoms with E-state index in [9.17, 15) is 5.21 Å². The maximum atomic E-state index is 9.43. The molecule has 1 aliphatic rings. The van der Waals surface area contributed by atoms with Crippen molar-refractivity contribution in [1.82, 2.24) is 5.06 Å². The fraction of sp³-hybridized carbons (Fsp3) is 0.111. The highest BCUT2D eigenvalue weighted by Gasteiger charge is 2.23. The van der Waals surface area contributed by atoms with E-state index in [1.165, 1.54) is 6.20 Å². The molecule has 0 amide bonds.